The molecule has 0 unspecified atom stereocenters. The van der Waals surface area contributed by atoms with Gasteiger partial charge >= 0.3 is 0 Å². The van der Waals surface area contributed by atoms with Crippen LogP contribution in [0.5, 0.6) is 0 Å². The fraction of sp³-hybridized carbons (Fsp3) is 0.615. The molecule has 0 atom stereocenters. The van der Waals surface area contributed by atoms with E-state index >= 15 is 0 Å². The monoisotopic (exact) mass is 283 g/mol. The van der Waals surface area contributed by atoms with Crippen molar-refractivity contribution in [3.8, 4) is 0 Å². The lowest BCUT2D eigenvalue weighted by Crippen LogP contribution is -2.19. The van der Waals surface area contributed by atoms with Gasteiger partial charge in [0.25, 0.3) is 0 Å². The first-order valence-electron chi connectivity index (χ1n) is 6.16. The van der Waals surface area contributed by atoms with Gasteiger partial charge < -0.3 is 5.73 Å². The molecule has 0 amide bonds. The van der Waals surface area contributed by atoms with Crippen LogP contribution in [0.15, 0.2) is 11.2 Å². The first-order valence-corrected chi connectivity index (χ1v) is 7.55. The maximum Gasteiger partial charge on any atom is 0.124 e. The normalized spacial score (nSPS) is 11.6. The third kappa shape index (κ3) is 4.21. The Bertz CT molecular complexity index is 425. The van der Waals surface area contributed by atoms with Gasteiger partial charge in [0.2, 0.25) is 0 Å². The van der Waals surface area contributed by atoms with Gasteiger partial charge in [-0.05, 0) is 12.2 Å². The average molecular weight is 283 g/mol. The molecule has 100 valence electrons. The van der Waals surface area contributed by atoms with Crippen LogP contribution in [-0.2, 0) is 5.41 Å². The Balaban J connectivity index is 3.06. The van der Waals surface area contributed by atoms with Crippen molar-refractivity contribution < 1.29 is 0 Å². The number of unbranched alkanes of at least 4 members (excludes halogenated alkanes) is 1. The fourth-order valence-electron chi connectivity index (χ4n) is 1.42. The minimum absolute atomic E-state index is 0.0176. The van der Waals surface area contributed by atoms with Crippen molar-refractivity contribution in [1.82, 2.24) is 9.97 Å². The molecule has 1 heterocycles. The number of hydrogen-bond donors (Lipinski definition) is 1. The van der Waals surface area contributed by atoms with Crippen LogP contribution >= 0.6 is 24.0 Å². The van der Waals surface area contributed by atoms with E-state index in [9.17, 15) is 0 Å². The third-order valence-corrected chi connectivity index (χ3v) is 3.70. The van der Waals surface area contributed by atoms with Gasteiger partial charge in [-0.3, -0.25) is 4.98 Å². The van der Waals surface area contributed by atoms with E-state index in [1.807, 2.05) is 0 Å². The zero-order valence-corrected chi connectivity index (χ0v) is 13.1. The van der Waals surface area contributed by atoms with Crippen molar-refractivity contribution in [1.29, 1.82) is 0 Å². The molecule has 1 aromatic rings. The highest BCUT2D eigenvalue weighted by atomic mass is 32.2. The maximum atomic E-state index is 5.62. The fourth-order valence-corrected chi connectivity index (χ4v) is 2.80. The van der Waals surface area contributed by atoms with Crippen LogP contribution in [0.3, 0.4) is 0 Å². The standard InChI is InChI=1S/C13H21N3S2/c1-5-6-7-18-12-10(13(2,3)4)15-8-9(16-12)11(14)17/h8H,5-7H2,1-4H3,(H2,14,17). The summed E-state index contributed by atoms with van der Waals surface area (Å²) >= 11 is 6.70. The quantitative estimate of drug-likeness (QED) is 0.510. The summed E-state index contributed by atoms with van der Waals surface area (Å²) < 4.78 is 0. The van der Waals surface area contributed by atoms with E-state index in [4.69, 9.17) is 18.0 Å². The van der Waals surface area contributed by atoms with E-state index in [1.165, 1.54) is 12.8 Å². The summed E-state index contributed by atoms with van der Waals surface area (Å²) in [6, 6.07) is 0. The molecule has 0 aromatic carbocycles. The van der Waals surface area contributed by atoms with Crippen molar-refractivity contribution >= 4 is 29.0 Å². The molecular formula is C13H21N3S2. The van der Waals surface area contributed by atoms with Crippen LogP contribution in [0.25, 0.3) is 0 Å². The van der Waals surface area contributed by atoms with Crippen molar-refractivity contribution in [2.75, 3.05) is 5.75 Å². The second-order valence-corrected chi connectivity index (χ2v) is 6.75. The molecule has 0 bridgehead atoms. The Morgan fingerprint density at radius 1 is 1.44 bits per heavy atom. The lowest BCUT2D eigenvalue weighted by molar-refractivity contribution is 0.547. The van der Waals surface area contributed by atoms with E-state index in [0.29, 0.717) is 10.7 Å². The van der Waals surface area contributed by atoms with E-state index in [2.05, 4.69) is 37.7 Å². The molecule has 0 aliphatic carbocycles. The number of aromatic nitrogens is 2. The summed E-state index contributed by atoms with van der Waals surface area (Å²) in [5.74, 6) is 1.05. The summed E-state index contributed by atoms with van der Waals surface area (Å²) in [7, 11) is 0. The molecular weight excluding hydrogens is 262 g/mol. The second-order valence-electron chi connectivity index (χ2n) is 5.23. The Kier molecular flexibility index (Phi) is 5.53. The molecule has 1 rings (SSSR count). The van der Waals surface area contributed by atoms with Crippen molar-refractivity contribution in [3.05, 3.63) is 17.6 Å². The number of rotatable bonds is 5. The molecule has 0 radical (unpaired) electrons. The molecule has 0 fully saturated rings. The van der Waals surface area contributed by atoms with Crippen LogP contribution in [-0.4, -0.2) is 20.7 Å². The molecule has 0 saturated carbocycles. The van der Waals surface area contributed by atoms with Gasteiger partial charge in [0.05, 0.1) is 11.9 Å². The number of thiocarbonyl (C=S) groups is 1. The third-order valence-electron chi connectivity index (χ3n) is 2.44. The summed E-state index contributed by atoms with van der Waals surface area (Å²) in [4.78, 5) is 9.35. The number of nitrogens with zero attached hydrogens (tertiary/aromatic N) is 2. The van der Waals surface area contributed by atoms with E-state index in [0.717, 1.165) is 16.5 Å². The lowest BCUT2D eigenvalue weighted by atomic mass is 9.92. The summed E-state index contributed by atoms with van der Waals surface area (Å²) in [6.07, 6.45) is 4.03. The smallest absolute Gasteiger partial charge is 0.124 e. The maximum absolute atomic E-state index is 5.62. The molecule has 0 aliphatic heterocycles. The van der Waals surface area contributed by atoms with E-state index < -0.39 is 0 Å². The molecule has 0 spiro atoms. The first-order chi connectivity index (χ1) is 8.36. The van der Waals surface area contributed by atoms with E-state index in [1.54, 1.807) is 18.0 Å². The molecule has 3 nitrogen and oxygen atoms in total. The highest BCUT2D eigenvalue weighted by Crippen LogP contribution is 2.29. The second kappa shape index (κ2) is 6.48. The average Bonchev–Trinajstić information content (AvgIpc) is 2.27. The van der Waals surface area contributed by atoms with Crippen LogP contribution in [0.4, 0.5) is 0 Å². The van der Waals surface area contributed by atoms with Crippen LogP contribution in [0, 0.1) is 0 Å². The van der Waals surface area contributed by atoms with Gasteiger partial charge in [0.1, 0.15) is 15.7 Å². The van der Waals surface area contributed by atoms with Gasteiger partial charge in [-0.2, -0.15) is 0 Å². The molecule has 0 aliphatic rings. The molecule has 0 saturated heterocycles. The van der Waals surface area contributed by atoms with Crippen LogP contribution in [0.1, 0.15) is 51.9 Å². The number of hydrogen-bond acceptors (Lipinski definition) is 4. The van der Waals surface area contributed by atoms with Gasteiger partial charge in [0, 0.05) is 5.41 Å². The van der Waals surface area contributed by atoms with Crippen LogP contribution < -0.4 is 5.73 Å². The zero-order chi connectivity index (χ0) is 13.8. The molecule has 5 heteroatoms. The Morgan fingerprint density at radius 2 is 2.11 bits per heavy atom. The lowest BCUT2D eigenvalue weighted by Gasteiger charge is -2.20. The minimum Gasteiger partial charge on any atom is -0.388 e. The zero-order valence-electron chi connectivity index (χ0n) is 11.5. The summed E-state index contributed by atoms with van der Waals surface area (Å²) in [5.41, 5.74) is 7.22. The van der Waals surface area contributed by atoms with Crippen molar-refractivity contribution in [3.63, 3.8) is 0 Å². The summed E-state index contributed by atoms with van der Waals surface area (Å²) in [5, 5.41) is 0.959. The SMILES string of the molecule is CCCCSc1nc(C(N)=S)cnc1C(C)(C)C. The van der Waals surface area contributed by atoms with Crippen LogP contribution in [0.2, 0.25) is 0 Å². The predicted molar refractivity (Wildman–Crippen MR) is 82.3 cm³/mol. The minimum atomic E-state index is -0.0176. The van der Waals surface area contributed by atoms with Gasteiger partial charge in [0.15, 0.2) is 0 Å². The van der Waals surface area contributed by atoms with Gasteiger partial charge in [-0.15, -0.1) is 11.8 Å². The molecule has 2 N–H and O–H groups in total. The van der Waals surface area contributed by atoms with Crippen molar-refractivity contribution in [2.24, 2.45) is 5.73 Å². The highest BCUT2D eigenvalue weighted by molar-refractivity contribution is 7.99. The Hall–Kier alpha value is -0.680. The van der Waals surface area contributed by atoms with Crippen molar-refractivity contribution in [2.45, 2.75) is 51.0 Å². The molecule has 18 heavy (non-hydrogen) atoms. The van der Waals surface area contributed by atoms with Gasteiger partial charge in [-0.25, -0.2) is 4.98 Å². The first kappa shape index (κ1) is 15.4. The number of nitrogens with two attached hydrogens (primary N) is 1. The predicted octanol–water partition coefficient (Wildman–Crippen LogP) is 3.30. The Morgan fingerprint density at radius 3 is 2.61 bits per heavy atom. The topological polar surface area (TPSA) is 51.8 Å². The molecule has 1 aromatic heterocycles. The number of thioether (sulfide) groups is 1. The highest BCUT2D eigenvalue weighted by Gasteiger charge is 2.21. The van der Waals surface area contributed by atoms with E-state index in [-0.39, 0.29) is 5.41 Å². The van der Waals surface area contributed by atoms with Gasteiger partial charge in [-0.1, -0.05) is 46.3 Å². The largest absolute Gasteiger partial charge is 0.388 e. The summed E-state index contributed by atoms with van der Waals surface area (Å²) in [6.45, 7) is 8.60. The Labute approximate surface area is 119 Å².